The maximum Gasteiger partial charge on any atom is 0.416 e. The number of piperazine rings is 1. The van der Waals surface area contributed by atoms with Gasteiger partial charge in [0.05, 0.1) is 12.1 Å². The molecular weight excluding hydrogens is 465 g/mol. The molecule has 1 atom stereocenters. The Bertz CT molecular complexity index is 1080. The summed E-state index contributed by atoms with van der Waals surface area (Å²) < 4.78 is 43.6. The summed E-state index contributed by atoms with van der Waals surface area (Å²) in [4.78, 5) is 30.0. The van der Waals surface area contributed by atoms with Gasteiger partial charge in [-0.05, 0) is 48.5 Å². The number of nitrogen functional groups attached to an aromatic ring is 1. The van der Waals surface area contributed by atoms with Gasteiger partial charge in [0.25, 0.3) is 0 Å². The molecule has 3 amide bonds. The number of anilines is 2. The van der Waals surface area contributed by atoms with Crippen LogP contribution < -0.4 is 16.0 Å². The zero-order chi connectivity index (χ0) is 25.2. The summed E-state index contributed by atoms with van der Waals surface area (Å²) in [5, 5.41) is 10.1. The number of amides is 3. The van der Waals surface area contributed by atoms with Crippen molar-refractivity contribution < 1.29 is 27.5 Å². The van der Waals surface area contributed by atoms with E-state index in [4.69, 9.17) is 15.9 Å². The minimum atomic E-state index is -4.43. The first kappa shape index (κ1) is 24.3. The van der Waals surface area contributed by atoms with E-state index < -0.39 is 17.8 Å². The van der Waals surface area contributed by atoms with E-state index in [2.05, 4.69) is 10.2 Å². The summed E-state index contributed by atoms with van der Waals surface area (Å²) >= 11 is 0. The van der Waals surface area contributed by atoms with Crippen molar-refractivity contribution in [2.24, 2.45) is 5.73 Å². The highest BCUT2D eigenvalue weighted by molar-refractivity contribution is 5.96. The molecule has 2 saturated heterocycles. The zero-order valence-electron chi connectivity index (χ0n) is 18.7. The molecule has 35 heavy (non-hydrogen) atoms. The second-order valence-electron chi connectivity index (χ2n) is 8.37. The van der Waals surface area contributed by atoms with Gasteiger partial charge in [-0.25, -0.2) is 9.59 Å². The molecule has 2 aliphatic rings. The average Bonchev–Trinajstić information content (AvgIpc) is 3.19. The number of carbonyl (C=O) groups is 2. The summed E-state index contributed by atoms with van der Waals surface area (Å²) in [7, 11) is 0. The van der Waals surface area contributed by atoms with Crippen molar-refractivity contribution in [2.75, 3.05) is 49.5 Å². The second-order valence-corrected chi connectivity index (χ2v) is 8.37. The first-order valence-corrected chi connectivity index (χ1v) is 11.0. The summed E-state index contributed by atoms with van der Waals surface area (Å²) in [5.74, 6) is -0.0504. The molecule has 2 aliphatic heterocycles. The topological polar surface area (TPSA) is 115 Å². The number of nitrogens with zero attached hydrogens (tertiary/aromatic N) is 3. The lowest BCUT2D eigenvalue weighted by molar-refractivity contribution is -0.137. The third-order valence-electron chi connectivity index (χ3n) is 5.95. The lowest BCUT2D eigenvalue weighted by Crippen LogP contribution is -2.51. The van der Waals surface area contributed by atoms with Crippen LogP contribution in [0.2, 0.25) is 0 Å². The van der Waals surface area contributed by atoms with Crippen LogP contribution in [0.5, 0.6) is 0 Å². The normalized spacial score (nSPS) is 18.9. The van der Waals surface area contributed by atoms with Gasteiger partial charge in [-0.3, -0.25) is 15.2 Å². The number of ether oxygens (including phenoxy) is 1. The molecule has 186 valence electrons. The molecule has 2 fully saturated rings. The molecule has 0 saturated carbocycles. The van der Waals surface area contributed by atoms with Gasteiger partial charge in [0.2, 0.25) is 0 Å². The minimum Gasteiger partial charge on any atom is -0.443 e. The van der Waals surface area contributed by atoms with Crippen LogP contribution in [0.4, 0.5) is 34.1 Å². The Morgan fingerprint density at radius 1 is 1.06 bits per heavy atom. The largest absolute Gasteiger partial charge is 0.443 e. The number of alkyl halides is 3. The fourth-order valence-corrected chi connectivity index (χ4v) is 4.01. The number of rotatable bonds is 5. The van der Waals surface area contributed by atoms with E-state index in [1.807, 2.05) is 0 Å². The Hall–Kier alpha value is -3.80. The molecule has 0 aromatic heterocycles. The van der Waals surface area contributed by atoms with Crippen LogP contribution >= 0.6 is 0 Å². The number of hydrogen-bond donors (Lipinski definition) is 3. The molecule has 0 radical (unpaired) electrons. The van der Waals surface area contributed by atoms with Gasteiger partial charge in [0.1, 0.15) is 11.9 Å². The maximum atomic E-state index is 12.7. The van der Waals surface area contributed by atoms with Crippen molar-refractivity contribution >= 4 is 29.3 Å². The van der Waals surface area contributed by atoms with Crippen molar-refractivity contribution in [1.29, 1.82) is 5.41 Å². The Kier molecular flexibility index (Phi) is 6.83. The highest BCUT2D eigenvalue weighted by Crippen LogP contribution is 2.30. The van der Waals surface area contributed by atoms with Crippen LogP contribution in [0, 0.1) is 5.41 Å². The number of amidine groups is 1. The van der Waals surface area contributed by atoms with Crippen LogP contribution in [-0.4, -0.2) is 73.1 Å². The Balaban J connectivity index is 1.24. The predicted octanol–water partition coefficient (Wildman–Crippen LogP) is 3.16. The fraction of sp³-hybridized carbons (Fsp3) is 0.348. The van der Waals surface area contributed by atoms with Crippen LogP contribution in [0.25, 0.3) is 0 Å². The highest BCUT2D eigenvalue weighted by Gasteiger charge is 2.34. The lowest BCUT2D eigenvalue weighted by Gasteiger charge is -2.35. The van der Waals surface area contributed by atoms with Crippen molar-refractivity contribution in [2.45, 2.75) is 12.3 Å². The van der Waals surface area contributed by atoms with Crippen LogP contribution in [-0.2, 0) is 10.9 Å². The average molecular weight is 490 g/mol. The standard InChI is InChI=1S/C23H25F3N6O3/c24-23(25,26)16-3-5-17(6-4-16)29-21(33)31-11-9-30(10-12-31)13-19-14-32(22(34)35-19)18-7-1-15(2-8-18)20(27)28/h1-8,19H,9-14H2,(H3,27,28)(H,29,33). The first-order valence-electron chi connectivity index (χ1n) is 11.0. The van der Waals surface area contributed by atoms with E-state index in [0.717, 1.165) is 12.1 Å². The van der Waals surface area contributed by atoms with Gasteiger partial charge in [0, 0.05) is 49.7 Å². The summed E-state index contributed by atoms with van der Waals surface area (Å²) in [6, 6.07) is 10.7. The van der Waals surface area contributed by atoms with E-state index in [9.17, 15) is 22.8 Å². The SMILES string of the molecule is N=C(N)c1ccc(N2CC(CN3CCN(C(=O)Nc4ccc(C(F)(F)F)cc4)CC3)OC2=O)cc1. The molecule has 4 rings (SSSR count). The fourth-order valence-electron chi connectivity index (χ4n) is 4.01. The smallest absolute Gasteiger partial charge is 0.416 e. The molecule has 2 heterocycles. The Labute approximate surface area is 199 Å². The van der Waals surface area contributed by atoms with Gasteiger partial charge >= 0.3 is 18.3 Å². The number of benzene rings is 2. The summed E-state index contributed by atoms with van der Waals surface area (Å²) in [6.07, 6.45) is -5.20. The second kappa shape index (κ2) is 9.82. The molecule has 2 aromatic carbocycles. The Morgan fingerprint density at radius 3 is 2.26 bits per heavy atom. The molecule has 4 N–H and O–H groups in total. The van der Waals surface area contributed by atoms with Gasteiger partial charge < -0.3 is 20.7 Å². The van der Waals surface area contributed by atoms with Gasteiger partial charge in [0.15, 0.2) is 0 Å². The number of halogens is 3. The van der Waals surface area contributed by atoms with Crippen molar-refractivity contribution in [3.8, 4) is 0 Å². The molecular formula is C23H25F3N6O3. The molecule has 0 aliphatic carbocycles. The number of nitrogens with two attached hydrogens (primary N) is 1. The van der Waals surface area contributed by atoms with Crippen molar-refractivity contribution in [3.05, 3.63) is 59.7 Å². The van der Waals surface area contributed by atoms with Crippen molar-refractivity contribution in [1.82, 2.24) is 9.80 Å². The monoisotopic (exact) mass is 490 g/mol. The van der Waals surface area contributed by atoms with Gasteiger partial charge in [-0.15, -0.1) is 0 Å². The van der Waals surface area contributed by atoms with Crippen molar-refractivity contribution in [3.63, 3.8) is 0 Å². The number of carbonyl (C=O) groups excluding carboxylic acids is 2. The number of hydrogen-bond acceptors (Lipinski definition) is 5. The zero-order valence-corrected chi connectivity index (χ0v) is 18.7. The van der Waals surface area contributed by atoms with Crippen LogP contribution in [0.3, 0.4) is 0 Å². The van der Waals surface area contributed by atoms with Gasteiger partial charge in [-0.2, -0.15) is 13.2 Å². The number of nitrogens with one attached hydrogen (secondary N) is 2. The molecule has 0 spiro atoms. The molecule has 12 heteroatoms. The number of urea groups is 1. The van der Waals surface area contributed by atoms with E-state index >= 15 is 0 Å². The molecule has 9 nitrogen and oxygen atoms in total. The Morgan fingerprint density at radius 2 is 1.69 bits per heavy atom. The van der Waals surface area contributed by atoms with E-state index in [-0.39, 0.29) is 18.0 Å². The van der Waals surface area contributed by atoms with E-state index in [1.165, 1.54) is 17.0 Å². The summed E-state index contributed by atoms with van der Waals surface area (Å²) in [6.45, 7) is 2.91. The molecule has 0 bridgehead atoms. The quantitative estimate of drug-likeness (QED) is 0.440. The van der Waals surface area contributed by atoms with Crippen LogP contribution in [0.15, 0.2) is 48.5 Å². The minimum absolute atomic E-state index is 0.0504. The number of cyclic esters (lactones) is 1. The maximum absolute atomic E-state index is 12.7. The predicted molar refractivity (Wildman–Crippen MR) is 124 cm³/mol. The summed E-state index contributed by atoms with van der Waals surface area (Å²) in [5.41, 5.74) is 6.21. The van der Waals surface area contributed by atoms with E-state index in [1.54, 1.807) is 29.2 Å². The van der Waals surface area contributed by atoms with Crippen LogP contribution in [0.1, 0.15) is 11.1 Å². The molecule has 1 unspecified atom stereocenters. The molecule has 2 aromatic rings. The third-order valence-corrected chi connectivity index (χ3v) is 5.95. The third kappa shape index (κ3) is 5.83. The highest BCUT2D eigenvalue weighted by atomic mass is 19.4. The van der Waals surface area contributed by atoms with E-state index in [0.29, 0.717) is 56.2 Å². The first-order chi connectivity index (χ1) is 16.6. The van der Waals surface area contributed by atoms with Gasteiger partial charge in [-0.1, -0.05) is 0 Å². The lowest BCUT2D eigenvalue weighted by atomic mass is 10.2.